The van der Waals surface area contributed by atoms with Gasteiger partial charge in [0.15, 0.2) is 0 Å². The molecule has 2 aromatic rings. The summed E-state index contributed by atoms with van der Waals surface area (Å²) in [4.78, 5) is 11.0. The third-order valence-electron chi connectivity index (χ3n) is 3.40. The molecule has 1 aromatic carbocycles. The van der Waals surface area contributed by atoms with E-state index in [9.17, 15) is 4.79 Å². The molecule has 0 unspecified atom stereocenters. The number of rotatable bonds is 6. The minimum absolute atomic E-state index is 0.00419. The first kappa shape index (κ1) is 14.2. The van der Waals surface area contributed by atoms with Gasteiger partial charge in [-0.15, -0.1) is 0 Å². The highest BCUT2D eigenvalue weighted by Crippen LogP contribution is 2.24. The highest BCUT2D eigenvalue weighted by Gasteiger charge is 2.14. The van der Waals surface area contributed by atoms with E-state index < -0.39 is 5.97 Å². The fourth-order valence-electron chi connectivity index (χ4n) is 2.32. The van der Waals surface area contributed by atoms with Gasteiger partial charge >= 0.3 is 5.97 Å². The molecule has 0 saturated heterocycles. The summed E-state index contributed by atoms with van der Waals surface area (Å²) in [6.07, 6.45) is 3.29. The van der Waals surface area contributed by atoms with Crippen LogP contribution >= 0.6 is 0 Å². The Kier molecular flexibility index (Phi) is 4.45. The number of aromatic carboxylic acids is 1. The second-order valence-corrected chi connectivity index (χ2v) is 4.59. The molecule has 0 amide bonds. The zero-order valence-electron chi connectivity index (χ0n) is 11.8. The first-order valence-electron chi connectivity index (χ1n) is 6.81. The van der Waals surface area contributed by atoms with Crippen molar-refractivity contribution in [3.8, 4) is 0 Å². The van der Waals surface area contributed by atoms with Gasteiger partial charge in [0.05, 0.1) is 6.26 Å². The van der Waals surface area contributed by atoms with Crippen molar-refractivity contribution in [2.75, 3.05) is 5.32 Å². The molecule has 1 heterocycles. The molecule has 0 aliphatic rings. The van der Waals surface area contributed by atoms with E-state index in [0.29, 0.717) is 12.1 Å². The predicted octanol–water partition coefficient (Wildman–Crippen LogP) is 3.71. The monoisotopic (exact) mass is 273 g/mol. The Morgan fingerprint density at radius 2 is 1.80 bits per heavy atom. The van der Waals surface area contributed by atoms with E-state index in [-0.39, 0.29) is 5.76 Å². The van der Waals surface area contributed by atoms with Crippen LogP contribution in [0.25, 0.3) is 0 Å². The molecule has 0 aliphatic carbocycles. The topological polar surface area (TPSA) is 62.5 Å². The van der Waals surface area contributed by atoms with E-state index in [0.717, 1.165) is 18.5 Å². The molecule has 0 radical (unpaired) electrons. The summed E-state index contributed by atoms with van der Waals surface area (Å²) < 4.78 is 4.99. The van der Waals surface area contributed by atoms with Gasteiger partial charge < -0.3 is 14.8 Å². The molecule has 4 heteroatoms. The summed E-state index contributed by atoms with van der Waals surface area (Å²) in [6, 6.07) is 7.93. The lowest BCUT2D eigenvalue weighted by Crippen LogP contribution is -2.08. The molecular weight excluding hydrogens is 254 g/mol. The zero-order valence-corrected chi connectivity index (χ0v) is 11.8. The highest BCUT2D eigenvalue weighted by atomic mass is 16.4. The lowest BCUT2D eigenvalue weighted by Gasteiger charge is -2.15. The van der Waals surface area contributed by atoms with Crippen LogP contribution in [0, 0.1) is 0 Å². The number of carbonyl (C=O) groups is 1. The standard InChI is InChI=1S/C16H19NO3/c1-3-11-6-5-7-12(4-2)14(11)17-10-13-8-9-20-15(13)16(18)19/h5-9,17H,3-4,10H2,1-2H3,(H,18,19). The van der Waals surface area contributed by atoms with Crippen LogP contribution in [-0.4, -0.2) is 11.1 Å². The second-order valence-electron chi connectivity index (χ2n) is 4.59. The zero-order chi connectivity index (χ0) is 14.5. The maximum Gasteiger partial charge on any atom is 0.372 e. The van der Waals surface area contributed by atoms with E-state index in [4.69, 9.17) is 9.52 Å². The van der Waals surface area contributed by atoms with Crippen LogP contribution in [0.15, 0.2) is 34.9 Å². The van der Waals surface area contributed by atoms with Gasteiger partial charge in [-0.1, -0.05) is 32.0 Å². The molecule has 0 bridgehead atoms. The van der Waals surface area contributed by atoms with Crippen molar-refractivity contribution in [3.63, 3.8) is 0 Å². The number of furan rings is 1. The molecule has 106 valence electrons. The number of carboxylic acid groups (broad SMARTS) is 1. The van der Waals surface area contributed by atoms with Gasteiger partial charge in [0.2, 0.25) is 5.76 Å². The van der Waals surface area contributed by atoms with Gasteiger partial charge in [-0.2, -0.15) is 0 Å². The molecule has 0 aliphatic heterocycles. The largest absolute Gasteiger partial charge is 0.475 e. The third-order valence-corrected chi connectivity index (χ3v) is 3.40. The van der Waals surface area contributed by atoms with Gasteiger partial charge in [-0.25, -0.2) is 4.79 Å². The normalized spacial score (nSPS) is 10.5. The summed E-state index contributed by atoms with van der Waals surface area (Å²) in [6.45, 7) is 4.67. The molecule has 2 N–H and O–H groups in total. The smallest absolute Gasteiger partial charge is 0.372 e. The molecule has 20 heavy (non-hydrogen) atoms. The molecule has 0 fully saturated rings. The number of hydrogen-bond acceptors (Lipinski definition) is 3. The Labute approximate surface area is 118 Å². The molecule has 0 atom stereocenters. The number of benzene rings is 1. The average molecular weight is 273 g/mol. The van der Waals surface area contributed by atoms with Gasteiger partial charge in [-0.05, 0) is 30.0 Å². The van der Waals surface area contributed by atoms with E-state index in [1.54, 1.807) is 6.07 Å². The quantitative estimate of drug-likeness (QED) is 0.842. The summed E-state index contributed by atoms with van der Waals surface area (Å²) in [5.41, 5.74) is 4.25. The Balaban J connectivity index is 2.22. The average Bonchev–Trinajstić information content (AvgIpc) is 2.93. The molecule has 0 spiro atoms. The van der Waals surface area contributed by atoms with Crippen molar-refractivity contribution >= 4 is 11.7 Å². The van der Waals surface area contributed by atoms with Gasteiger partial charge in [0.1, 0.15) is 0 Å². The summed E-state index contributed by atoms with van der Waals surface area (Å²) in [5.74, 6) is -1.03. The number of carboxylic acids is 1. The van der Waals surface area contributed by atoms with Crippen molar-refractivity contribution in [1.29, 1.82) is 0 Å². The lowest BCUT2D eigenvalue weighted by molar-refractivity contribution is 0.0661. The number of nitrogens with one attached hydrogen (secondary N) is 1. The number of aryl methyl sites for hydroxylation is 2. The van der Waals surface area contributed by atoms with E-state index in [1.807, 2.05) is 0 Å². The Bertz CT molecular complexity index is 579. The fourth-order valence-corrected chi connectivity index (χ4v) is 2.32. The van der Waals surface area contributed by atoms with Crippen LogP contribution in [0.3, 0.4) is 0 Å². The summed E-state index contributed by atoms with van der Waals surface area (Å²) >= 11 is 0. The van der Waals surface area contributed by atoms with Crippen LogP contribution in [0.2, 0.25) is 0 Å². The lowest BCUT2D eigenvalue weighted by atomic mass is 10.0. The van der Waals surface area contributed by atoms with Crippen LogP contribution < -0.4 is 5.32 Å². The van der Waals surface area contributed by atoms with Crippen LogP contribution in [-0.2, 0) is 19.4 Å². The molecule has 4 nitrogen and oxygen atoms in total. The van der Waals surface area contributed by atoms with Crippen LogP contribution in [0.4, 0.5) is 5.69 Å². The van der Waals surface area contributed by atoms with Gasteiger partial charge in [0, 0.05) is 17.8 Å². The number of hydrogen-bond donors (Lipinski definition) is 2. The van der Waals surface area contributed by atoms with Crippen LogP contribution in [0.1, 0.15) is 41.1 Å². The Hall–Kier alpha value is -2.23. The number of anilines is 1. The minimum atomic E-state index is -1.04. The van der Waals surface area contributed by atoms with Crippen molar-refractivity contribution < 1.29 is 14.3 Å². The number of para-hydroxylation sites is 1. The van der Waals surface area contributed by atoms with Crippen molar-refractivity contribution in [1.82, 2.24) is 0 Å². The Morgan fingerprint density at radius 1 is 1.15 bits per heavy atom. The van der Waals surface area contributed by atoms with Crippen molar-refractivity contribution in [3.05, 3.63) is 53.0 Å². The van der Waals surface area contributed by atoms with Crippen molar-refractivity contribution in [2.45, 2.75) is 33.2 Å². The SMILES string of the molecule is CCc1cccc(CC)c1NCc1ccoc1C(=O)O. The maximum absolute atomic E-state index is 11.0. The Morgan fingerprint density at radius 3 is 2.35 bits per heavy atom. The third kappa shape index (κ3) is 2.85. The molecule has 1 aromatic heterocycles. The fraction of sp³-hybridized carbons (Fsp3) is 0.312. The van der Waals surface area contributed by atoms with Gasteiger partial charge in [-0.3, -0.25) is 0 Å². The first-order valence-corrected chi connectivity index (χ1v) is 6.81. The highest BCUT2D eigenvalue weighted by molar-refractivity contribution is 5.86. The first-order chi connectivity index (χ1) is 9.67. The summed E-state index contributed by atoms with van der Waals surface area (Å²) in [7, 11) is 0. The maximum atomic E-state index is 11.0. The molecule has 2 rings (SSSR count). The van der Waals surface area contributed by atoms with Crippen molar-refractivity contribution in [2.24, 2.45) is 0 Å². The van der Waals surface area contributed by atoms with E-state index >= 15 is 0 Å². The predicted molar refractivity (Wildman–Crippen MR) is 78.2 cm³/mol. The van der Waals surface area contributed by atoms with E-state index in [1.165, 1.54) is 17.4 Å². The van der Waals surface area contributed by atoms with Gasteiger partial charge in [0.25, 0.3) is 0 Å². The minimum Gasteiger partial charge on any atom is -0.475 e. The van der Waals surface area contributed by atoms with E-state index in [2.05, 4.69) is 37.4 Å². The second kappa shape index (κ2) is 6.28. The van der Waals surface area contributed by atoms with Crippen LogP contribution in [0.5, 0.6) is 0 Å². The molecule has 0 saturated carbocycles. The molecular formula is C16H19NO3. The summed E-state index contributed by atoms with van der Waals surface area (Å²) in [5, 5.41) is 12.4.